The Morgan fingerprint density at radius 3 is 2.60 bits per heavy atom. The molecule has 0 aliphatic rings. The van der Waals surface area contributed by atoms with Gasteiger partial charge in [0, 0.05) is 0 Å². The summed E-state index contributed by atoms with van der Waals surface area (Å²) >= 11 is 6.08. The van der Waals surface area contributed by atoms with Crippen LogP contribution in [0.1, 0.15) is 19.4 Å². The van der Waals surface area contributed by atoms with Crippen LogP contribution in [0.5, 0.6) is 17.5 Å². The van der Waals surface area contributed by atoms with E-state index >= 15 is 0 Å². The minimum absolute atomic E-state index is 0.0393. The van der Waals surface area contributed by atoms with E-state index in [0.29, 0.717) is 16.7 Å². The lowest BCUT2D eigenvalue weighted by atomic mass is 10.2. The van der Waals surface area contributed by atoms with Gasteiger partial charge in [0.15, 0.2) is 5.69 Å². The molecule has 1 aromatic heterocycles. The summed E-state index contributed by atoms with van der Waals surface area (Å²) in [4.78, 5) is 8.00. The molecule has 0 saturated heterocycles. The summed E-state index contributed by atoms with van der Waals surface area (Å²) in [6.07, 6.45) is 1.30. The van der Waals surface area contributed by atoms with E-state index in [-0.39, 0.29) is 17.7 Å². The van der Waals surface area contributed by atoms with E-state index in [1.165, 1.54) is 6.33 Å². The summed E-state index contributed by atoms with van der Waals surface area (Å²) in [5.41, 5.74) is 7.22. The molecule has 20 heavy (non-hydrogen) atoms. The van der Waals surface area contributed by atoms with Gasteiger partial charge in [0.05, 0.1) is 11.1 Å². The number of aryl methyl sites for hydroxylation is 1. The molecule has 0 radical (unpaired) electrons. The van der Waals surface area contributed by atoms with Gasteiger partial charge in [-0.1, -0.05) is 17.7 Å². The summed E-state index contributed by atoms with van der Waals surface area (Å²) in [7, 11) is 0. The van der Waals surface area contributed by atoms with Gasteiger partial charge in [-0.15, -0.1) is 0 Å². The number of nitrogen functional groups attached to an aromatic ring is 1. The maximum absolute atomic E-state index is 6.08. The third kappa shape index (κ3) is 3.30. The monoisotopic (exact) mass is 293 g/mol. The molecule has 0 atom stereocenters. The van der Waals surface area contributed by atoms with Crippen LogP contribution >= 0.6 is 11.6 Å². The van der Waals surface area contributed by atoms with Crippen molar-refractivity contribution >= 4 is 17.3 Å². The van der Waals surface area contributed by atoms with Gasteiger partial charge in [-0.25, -0.2) is 0 Å². The molecule has 0 amide bonds. The summed E-state index contributed by atoms with van der Waals surface area (Å²) in [5.74, 6) is 1.02. The van der Waals surface area contributed by atoms with Crippen LogP contribution in [0.2, 0.25) is 5.02 Å². The number of benzene rings is 1. The van der Waals surface area contributed by atoms with Crippen molar-refractivity contribution < 1.29 is 9.47 Å². The van der Waals surface area contributed by atoms with Crippen LogP contribution in [-0.4, -0.2) is 16.1 Å². The Morgan fingerprint density at radius 1 is 1.20 bits per heavy atom. The second-order valence-electron chi connectivity index (χ2n) is 4.60. The molecule has 1 aromatic carbocycles. The Balaban J connectivity index is 2.32. The average Bonchev–Trinajstić information content (AvgIpc) is 2.38. The molecule has 0 spiro atoms. The first-order valence-corrected chi connectivity index (χ1v) is 6.56. The molecule has 0 fully saturated rings. The highest BCUT2D eigenvalue weighted by Gasteiger charge is 2.14. The molecule has 106 valence electrons. The van der Waals surface area contributed by atoms with Gasteiger partial charge in [-0.05, 0) is 38.5 Å². The number of aromatic nitrogens is 2. The fourth-order valence-corrected chi connectivity index (χ4v) is 1.71. The number of hydrogen-bond acceptors (Lipinski definition) is 5. The molecular weight excluding hydrogens is 278 g/mol. The van der Waals surface area contributed by atoms with E-state index in [2.05, 4.69) is 9.97 Å². The number of halogens is 1. The van der Waals surface area contributed by atoms with Crippen LogP contribution in [-0.2, 0) is 0 Å². The van der Waals surface area contributed by atoms with Crippen molar-refractivity contribution in [3.8, 4) is 17.5 Å². The maximum atomic E-state index is 6.08. The van der Waals surface area contributed by atoms with Crippen molar-refractivity contribution in [2.24, 2.45) is 0 Å². The first-order chi connectivity index (χ1) is 9.47. The fraction of sp³-hybridized carbons (Fsp3) is 0.286. The van der Waals surface area contributed by atoms with Gasteiger partial charge in [-0.2, -0.15) is 9.97 Å². The highest BCUT2D eigenvalue weighted by molar-refractivity contribution is 6.32. The summed E-state index contributed by atoms with van der Waals surface area (Å²) in [6, 6.07) is 5.47. The minimum atomic E-state index is -0.0393. The van der Waals surface area contributed by atoms with Crippen molar-refractivity contribution in [3.05, 3.63) is 35.1 Å². The van der Waals surface area contributed by atoms with E-state index in [4.69, 9.17) is 26.8 Å². The molecule has 0 bridgehead atoms. The van der Waals surface area contributed by atoms with Crippen molar-refractivity contribution in [1.29, 1.82) is 0 Å². The number of rotatable bonds is 4. The molecular formula is C14H16ClN3O2. The number of hydrogen-bond donors (Lipinski definition) is 1. The van der Waals surface area contributed by atoms with Gasteiger partial charge in [0.1, 0.15) is 12.1 Å². The number of nitrogens with zero attached hydrogens (tertiary/aromatic N) is 2. The van der Waals surface area contributed by atoms with Crippen molar-refractivity contribution in [1.82, 2.24) is 9.97 Å². The fourth-order valence-electron chi connectivity index (χ4n) is 1.56. The Morgan fingerprint density at radius 2 is 1.90 bits per heavy atom. The Bertz CT molecular complexity index is 617. The van der Waals surface area contributed by atoms with E-state index < -0.39 is 0 Å². The number of anilines is 1. The van der Waals surface area contributed by atoms with Crippen molar-refractivity contribution in [2.45, 2.75) is 26.9 Å². The molecule has 0 saturated carbocycles. The largest absolute Gasteiger partial charge is 0.473 e. The maximum Gasteiger partial charge on any atom is 0.249 e. The topological polar surface area (TPSA) is 70.3 Å². The summed E-state index contributed by atoms with van der Waals surface area (Å²) in [6.45, 7) is 5.72. The third-order valence-corrected chi connectivity index (χ3v) is 2.76. The van der Waals surface area contributed by atoms with Gasteiger partial charge >= 0.3 is 0 Å². The molecule has 6 heteroatoms. The lowest BCUT2D eigenvalue weighted by Gasteiger charge is -2.13. The normalized spacial score (nSPS) is 10.7. The van der Waals surface area contributed by atoms with Crippen LogP contribution < -0.4 is 15.2 Å². The van der Waals surface area contributed by atoms with Crippen LogP contribution in [0.15, 0.2) is 24.5 Å². The highest BCUT2D eigenvalue weighted by atomic mass is 35.5. The SMILES string of the molecule is Cc1ccc(Cl)c(Oc2ncnc(OC(C)C)c2N)c1. The third-order valence-electron chi connectivity index (χ3n) is 2.45. The van der Waals surface area contributed by atoms with Crippen LogP contribution in [0.25, 0.3) is 0 Å². The predicted molar refractivity (Wildman–Crippen MR) is 78.5 cm³/mol. The lowest BCUT2D eigenvalue weighted by molar-refractivity contribution is 0.233. The average molecular weight is 294 g/mol. The lowest BCUT2D eigenvalue weighted by Crippen LogP contribution is -2.10. The first kappa shape index (κ1) is 14.4. The van der Waals surface area contributed by atoms with Crippen molar-refractivity contribution in [3.63, 3.8) is 0 Å². The van der Waals surface area contributed by atoms with Gasteiger partial charge in [0.2, 0.25) is 11.8 Å². The van der Waals surface area contributed by atoms with Gasteiger partial charge < -0.3 is 15.2 Å². The Hall–Kier alpha value is -2.01. The summed E-state index contributed by atoms with van der Waals surface area (Å²) in [5, 5.41) is 0.486. The quantitative estimate of drug-likeness (QED) is 0.932. The molecule has 2 N–H and O–H groups in total. The second kappa shape index (κ2) is 5.96. The highest BCUT2D eigenvalue weighted by Crippen LogP contribution is 2.34. The molecule has 2 rings (SSSR count). The molecule has 0 unspecified atom stereocenters. The molecule has 2 aromatic rings. The van der Waals surface area contributed by atoms with E-state index in [9.17, 15) is 0 Å². The van der Waals surface area contributed by atoms with Gasteiger partial charge in [0.25, 0.3) is 0 Å². The van der Waals surface area contributed by atoms with E-state index in [1.807, 2.05) is 32.9 Å². The smallest absolute Gasteiger partial charge is 0.249 e. The minimum Gasteiger partial charge on any atom is -0.473 e. The first-order valence-electron chi connectivity index (χ1n) is 6.18. The van der Waals surface area contributed by atoms with Gasteiger partial charge in [-0.3, -0.25) is 0 Å². The zero-order chi connectivity index (χ0) is 14.7. The van der Waals surface area contributed by atoms with Crippen LogP contribution in [0.4, 0.5) is 5.69 Å². The molecule has 0 aliphatic carbocycles. The molecule has 5 nitrogen and oxygen atoms in total. The second-order valence-corrected chi connectivity index (χ2v) is 5.01. The van der Waals surface area contributed by atoms with Crippen LogP contribution in [0, 0.1) is 6.92 Å². The number of nitrogens with two attached hydrogens (primary N) is 1. The standard InChI is InChI=1S/C14H16ClN3O2/c1-8(2)19-13-12(16)14(18-7-17-13)20-11-6-9(3)4-5-10(11)15/h4-8H,16H2,1-3H3. The molecule has 1 heterocycles. The molecule has 0 aliphatic heterocycles. The van der Waals surface area contributed by atoms with Crippen molar-refractivity contribution in [2.75, 3.05) is 5.73 Å². The van der Waals surface area contributed by atoms with Crippen LogP contribution in [0.3, 0.4) is 0 Å². The Kier molecular flexibility index (Phi) is 4.29. The zero-order valence-electron chi connectivity index (χ0n) is 11.6. The Labute approximate surface area is 122 Å². The predicted octanol–water partition coefficient (Wildman–Crippen LogP) is 3.60. The van der Waals surface area contributed by atoms with E-state index in [0.717, 1.165) is 5.56 Å². The zero-order valence-corrected chi connectivity index (χ0v) is 12.3. The number of ether oxygens (including phenoxy) is 2. The summed E-state index contributed by atoms with van der Waals surface area (Å²) < 4.78 is 11.1. The van der Waals surface area contributed by atoms with E-state index in [1.54, 1.807) is 6.07 Å².